The van der Waals surface area contributed by atoms with Gasteiger partial charge in [0.1, 0.15) is 0 Å². The number of ether oxygens (including phenoxy) is 2. The van der Waals surface area contributed by atoms with Crippen molar-refractivity contribution >= 4 is 11.3 Å². The normalized spacial score (nSPS) is 22.5. The van der Waals surface area contributed by atoms with Gasteiger partial charge >= 0.3 is 0 Å². The molecule has 0 amide bonds. The molecule has 0 aromatic carbocycles. The molecule has 0 N–H and O–H groups in total. The van der Waals surface area contributed by atoms with Gasteiger partial charge in [-0.2, -0.15) is 0 Å². The largest absolute Gasteiger partial charge is 0.353 e. The van der Waals surface area contributed by atoms with Crippen LogP contribution in [0.4, 0.5) is 0 Å². The van der Waals surface area contributed by atoms with Gasteiger partial charge in [0.15, 0.2) is 6.29 Å². The fourth-order valence-electron chi connectivity index (χ4n) is 2.16. The van der Waals surface area contributed by atoms with Gasteiger partial charge in [0, 0.05) is 11.5 Å². The SMILES string of the molecule is CC(CCCc1cccs1)OC1CCCCO1. The molecule has 1 aromatic rings. The fraction of sp³-hybridized carbons (Fsp3) is 0.714. The Morgan fingerprint density at radius 2 is 2.47 bits per heavy atom. The Kier molecular flexibility index (Phi) is 5.49. The average Bonchev–Trinajstić information content (AvgIpc) is 2.83. The molecule has 0 bridgehead atoms. The molecular formula is C14H22O2S. The number of hydrogen-bond donors (Lipinski definition) is 0. The van der Waals surface area contributed by atoms with Gasteiger partial charge in [0.25, 0.3) is 0 Å². The van der Waals surface area contributed by atoms with E-state index >= 15 is 0 Å². The summed E-state index contributed by atoms with van der Waals surface area (Å²) in [5.74, 6) is 0. The van der Waals surface area contributed by atoms with Gasteiger partial charge in [-0.3, -0.25) is 0 Å². The monoisotopic (exact) mass is 254 g/mol. The minimum atomic E-state index is 0.0560. The summed E-state index contributed by atoms with van der Waals surface area (Å²) in [7, 11) is 0. The summed E-state index contributed by atoms with van der Waals surface area (Å²) in [6.45, 7) is 3.03. The van der Waals surface area contributed by atoms with Crippen LogP contribution in [0.15, 0.2) is 17.5 Å². The molecule has 0 radical (unpaired) electrons. The Morgan fingerprint density at radius 3 is 3.18 bits per heavy atom. The lowest BCUT2D eigenvalue weighted by atomic mass is 10.1. The van der Waals surface area contributed by atoms with E-state index in [9.17, 15) is 0 Å². The van der Waals surface area contributed by atoms with Crippen molar-refractivity contribution in [2.45, 2.75) is 57.8 Å². The van der Waals surface area contributed by atoms with Gasteiger partial charge in [-0.1, -0.05) is 6.07 Å². The van der Waals surface area contributed by atoms with Crippen LogP contribution in [0.2, 0.25) is 0 Å². The zero-order chi connectivity index (χ0) is 11.9. The van der Waals surface area contributed by atoms with Gasteiger partial charge in [0.05, 0.1) is 6.10 Å². The van der Waals surface area contributed by atoms with Crippen molar-refractivity contribution in [2.24, 2.45) is 0 Å². The summed E-state index contributed by atoms with van der Waals surface area (Å²) >= 11 is 1.84. The third kappa shape index (κ3) is 4.78. The molecular weight excluding hydrogens is 232 g/mol. The third-order valence-electron chi connectivity index (χ3n) is 3.14. The summed E-state index contributed by atoms with van der Waals surface area (Å²) in [4.78, 5) is 1.48. The van der Waals surface area contributed by atoms with Crippen LogP contribution in [0.3, 0.4) is 0 Å². The van der Waals surface area contributed by atoms with Crippen molar-refractivity contribution in [1.29, 1.82) is 0 Å². The van der Waals surface area contributed by atoms with E-state index in [1.165, 1.54) is 30.6 Å². The van der Waals surface area contributed by atoms with Crippen molar-refractivity contribution in [1.82, 2.24) is 0 Å². The molecule has 3 heteroatoms. The molecule has 1 aromatic heterocycles. The van der Waals surface area contributed by atoms with Crippen LogP contribution in [0.5, 0.6) is 0 Å². The van der Waals surface area contributed by atoms with E-state index in [0.29, 0.717) is 6.10 Å². The first-order valence-electron chi connectivity index (χ1n) is 6.64. The van der Waals surface area contributed by atoms with Crippen LogP contribution in [0.1, 0.15) is 43.9 Å². The summed E-state index contributed by atoms with van der Waals surface area (Å²) in [5.41, 5.74) is 0. The maximum Gasteiger partial charge on any atom is 0.157 e. The molecule has 2 unspecified atom stereocenters. The molecule has 0 saturated carbocycles. The van der Waals surface area contributed by atoms with Crippen molar-refractivity contribution in [2.75, 3.05) is 6.61 Å². The highest BCUT2D eigenvalue weighted by Crippen LogP contribution is 2.18. The van der Waals surface area contributed by atoms with E-state index in [-0.39, 0.29) is 6.29 Å². The van der Waals surface area contributed by atoms with Crippen molar-refractivity contribution in [3.05, 3.63) is 22.4 Å². The molecule has 2 rings (SSSR count). The smallest absolute Gasteiger partial charge is 0.157 e. The highest BCUT2D eigenvalue weighted by atomic mass is 32.1. The van der Waals surface area contributed by atoms with Crippen LogP contribution >= 0.6 is 11.3 Å². The molecule has 1 fully saturated rings. The van der Waals surface area contributed by atoms with Gasteiger partial charge in [-0.15, -0.1) is 11.3 Å². The predicted octanol–water partition coefficient (Wildman–Crippen LogP) is 4.00. The van der Waals surface area contributed by atoms with E-state index in [0.717, 1.165) is 19.4 Å². The van der Waals surface area contributed by atoms with Crippen LogP contribution in [-0.4, -0.2) is 19.0 Å². The first kappa shape index (κ1) is 13.1. The average molecular weight is 254 g/mol. The van der Waals surface area contributed by atoms with E-state index in [1.807, 2.05) is 11.3 Å². The lowest BCUT2D eigenvalue weighted by molar-refractivity contribution is -0.185. The molecule has 17 heavy (non-hydrogen) atoms. The lowest BCUT2D eigenvalue weighted by Gasteiger charge is -2.26. The second kappa shape index (κ2) is 7.14. The molecule has 1 aliphatic heterocycles. The Bertz CT molecular complexity index is 291. The molecule has 96 valence electrons. The summed E-state index contributed by atoms with van der Waals surface area (Å²) in [6.07, 6.45) is 7.37. The van der Waals surface area contributed by atoms with Gasteiger partial charge < -0.3 is 9.47 Å². The van der Waals surface area contributed by atoms with Crippen LogP contribution in [0, 0.1) is 0 Å². The highest BCUT2D eigenvalue weighted by Gasteiger charge is 2.16. The molecule has 2 atom stereocenters. The first-order valence-corrected chi connectivity index (χ1v) is 7.52. The van der Waals surface area contributed by atoms with Gasteiger partial charge in [-0.05, 0) is 56.9 Å². The van der Waals surface area contributed by atoms with Crippen LogP contribution < -0.4 is 0 Å². The second-order valence-corrected chi connectivity index (χ2v) is 5.75. The molecule has 2 heterocycles. The van der Waals surface area contributed by atoms with E-state index in [2.05, 4.69) is 24.4 Å². The topological polar surface area (TPSA) is 18.5 Å². The Morgan fingerprint density at radius 1 is 1.53 bits per heavy atom. The zero-order valence-corrected chi connectivity index (χ0v) is 11.4. The van der Waals surface area contributed by atoms with Gasteiger partial charge in [0.2, 0.25) is 0 Å². The van der Waals surface area contributed by atoms with E-state index in [4.69, 9.17) is 9.47 Å². The lowest BCUT2D eigenvalue weighted by Crippen LogP contribution is -2.26. The minimum Gasteiger partial charge on any atom is -0.353 e. The standard InChI is InChI=1S/C14H22O2S/c1-12(16-14-9-2-3-10-15-14)6-4-7-13-8-5-11-17-13/h5,8,11-12,14H,2-4,6-7,9-10H2,1H3. The first-order chi connectivity index (χ1) is 8.34. The number of thiophene rings is 1. The summed E-state index contributed by atoms with van der Waals surface area (Å²) in [6, 6.07) is 4.33. The van der Waals surface area contributed by atoms with Crippen LogP contribution in [0.25, 0.3) is 0 Å². The fourth-order valence-corrected chi connectivity index (χ4v) is 2.92. The van der Waals surface area contributed by atoms with Crippen molar-refractivity contribution in [3.63, 3.8) is 0 Å². The quantitative estimate of drug-likeness (QED) is 0.764. The van der Waals surface area contributed by atoms with E-state index < -0.39 is 0 Å². The third-order valence-corrected chi connectivity index (χ3v) is 4.07. The second-order valence-electron chi connectivity index (χ2n) is 4.71. The summed E-state index contributed by atoms with van der Waals surface area (Å²) in [5, 5.41) is 2.14. The highest BCUT2D eigenvalue weighted by molar-refractivity contribution is 7.09. The number of rotatable bonds is 6. The maximum atomic E-state index is 5.89. The zero-order valence-electron chi connectivity index (χ0n) is 10.6. The predicted molar refractivity (Wildman–Crippen MR) is 71.4 cm³/mol. The molecule has 2 nitrogen and oxygen atoms in total. The Labute approximate surface area is 108 Å². The Hall–Kier alpha value is -0.380. The maximum absolute atomic E-state index is 5.89. The van der Waals surface area contributed by atoms with Crippen molar-refractivity contribution in [3.8, 4) is 0 Å². The summed E-state index contributed by atoms with van der Waals surface area (Å²) < 4.78 is 11.5. The van der Waals surface area contributed by atoms with Crippen molar-refractivity contribution < 1.29 is 9.47 Å². The van der Waals surface area contributed by atoms with Crippen LogP contribution in [-0.2, 0) is 15.9 Å². The number of aryl methyl sites for hydroxylation is 1. The minimum absolute atomic E-state index is 0.0560. The Balaban J connectivity index is 1.58. The molecule has 0 spiro atoms. The molecule has 1 aliphatic rings. The van der Waals surface area contributed by atoms with E-state index in [1.54, 1.807) is 0 Å². The molecule has 1 saturated heterocycles. The van der Waals surface area contributed by atoms with Gasteiger partial charge in [-0.25, -0.2) is 0 Å². The molecule has 0 aliphatic carbocycles. The number of hydrogen-bond acceptors (Lipinski definition) is 3.